The molecule has 0 bridgehead atoms. The predicted octanol–water partition coefficient (Wildman–Crippen LogP) is 1.21. The number of aromatic amines is 1. The standard InChI is InChI=1S/C19H29N5O3.2ClH/c1-12-21-17(9-18(26)22-12)14-5-7-23(8-6-14)19(27)15-3-4-16(20)11-24(10-15)13(2)25;;/h9,14-16H,3-8,10-11,20H2,1-2H3,(H,21,22,26);2*1H/t15-,16+;;/m1../s1. The minimum atomic E-state index is -0.182. The first-order valence-corrected chi connectivity index (χ1v) is 9.71. The summed E-state index contributed by atoms with van der Waals surface area (Å²) in [6.07, 6.45) is 3.07. The normalized spacial score (nSPS) is 22.9. The number of carbonyl (C=O) groups is 2. The lowest BCUT2D eigenvalue weighted by Crippen LogP contribution is -2.45. The molecule has 10 heteroatoms. The topological polar surface area (TPSA) is 112 Å². The van der Waals surface area contributed by atoms with Gasteiger partial charge in [-0.3, -0.25) is 14.4 Å². The zero-order valence-corrected chi connectivity index (χ0v) is 18.6. The van der Waals surface area contributed by atoms with E-state index in [0.29, 0.717) is 32.0 Å². The predicted molar refractivity (Wildman–Crippen MR) is 116 cm³/mol. The summed E-state index contributed by atoms with van der Waals surface area (Å²) >= 11 is 0. The van der Waals surface area contributed by atoms with Crippen LogP contribution in [-0.4, -0.2) is 63.8 Å². The van der Waals surface area contributed by atoms with Crippen molar-refractivity contribution in [2.75, 3.05) is 26.2 Å². The number of hydrogen-bond donors (Lipinski definition) is 2. The van der Waals surface area contributed by atoms with Gasteiger partial charge in [-0.15, -0.1) is 24.8 Å². The number of nitrogens with zero attached hydrogens (tertiary/aromatic N) is 3. The molecule has 2 saturated heterocycles. The van der Waals surface area contributed by atoms with Crippen LogP contribution in [0, 0.1) is 12.8 Å². The molecule has 2 aliphatic heterocycles. The Morgan fingerprint density at radius 1 is 1.10 bits per heavy atom. The molecule has 3 rings (SSSR count). The Bertz CT molecular complexity index is 764. The average molecular weight is 448 g/mol. The van der Waals surface area contributed by atoms with Gasteiger partial charge in [0, 0.05) is 51.1 Å². The Labute approximate surface area is 183 Å². The fourth-order valence-electron chi connectivity index (χ4n) is 4.15. The fourth-order valence-corrected chi connectivity index (χ4v) is 4.15. The van der Waals surface area contributed by atoms with Crippen LogP contribution in [0.15, 0.2) is 10.9 Å². The van der Waals surface area contributed by atoms with Gasteiger partial charge in [0.25, 0.3) is 5.56 Å². The number of nitrogens with two attached hydrogens (primary N) is 1. The molecule has 0 spiro atoms. The van der Waals surface area contributed by atoms with Crippen LogP contribution in [0.25, 0.3) is 0 Å². The maximum Gasteiger partial charge on any atom is 0.251 e. The third-order valence-electron chi connectivity index (χ3n) is 5.68. The van der Waals surface area contributed by atoms with E-state index in [-0.39, 0.29) is 60.1 Å². The lowest BCUT2D eigenvalue weighted by Gasteiger charge is -2.34. The minimum absolute atomic E-state index is 0. The molecular weight excluding hydrogens is 417 g/mol. The van der Waals surface area contributed by atoms with E-state index in [0.717, 1.165) is 31.4 Å². The molecule has 1 aromatic heterocycles. The zero-order chi connectivity index (χ0) is 19.6. The number of aromatic nitrogens is 2. The molecule has 0 saturated carbocycles. The fraction of sp³-hybridized carbons (Fsp3) is 0.684. The lowest BCUT2D eigenvalue weighted by molar-refractivity contribution is -0.138. The van der Waals surface area contributed by atoms with Gasteiger partial charge in [-0.25, -0.2) is 4.98 Å². The van der Waals surface area contributed by atoms with Crippen LogP contribution >= 0.6 is 24.8 Å². The maximum absolute atomic E-state index is 13.0. The van der Waals surface area contributed by atoms with Gasteiger partial charge in [0.2, 0.25) is 11.8 Å². The molecule has 8 nitrogen and oxygen atoms in total. The van der Waals surface area contributed by atoms with Crippen molar-refractivity contribution in [3.8, 4) is 0 Å². The zero-order valence-electron chi connectivity index (χ0n) is 16.9. The minimum Gasteiger partial charge on any atom is -0.342 e. The Balaban J connectivity index is 0.00000210. The molecule has 3 N–H and O–H groups in total. The van der Waals surface area contributed by atoms with Gasteiger partial charge in [0.15, 0.2) is 0 Å². The second-order valence-corrected chi connectivity index (χ2v) is 7.81. The number of rotatable bonds is 2. The number of hydrogen-bond acceptors (Lipinski definition) is 5. The van der Waals surface area contributed by atoms with Crippen LogP contribution in [0.3, 0.4) is 0 Å². The number of amides is 2. The van der Waals surface area contributed by atoms with E-state index in [1.54, 1.807) is 17.9 Å². The Hall–Kier alpha value is -1.64. The van der Waals surface area contributed by atoms with E-state index >= 15 is 0 Å². The Morgan fingerprint density at radius 3 is 2.34 bits per heavy atom. The van der Waals surface area contributed by atoms with Gasteiger partial charge in [0.1, 0.15) is 5.82 Å². The van der Waals surface area contributed by atoms with E-state index in [2.05, 4.69) is 9.97 Å². The third-order valence-corrected chi connectivity index (χ3v) is 5.68. The molecule has 0 aliphatic carbocycles. The van der Waals surface area contributed by atoms with Gasteiger partial charge in [-0.1, -0.05) is 0 Å². The van der Waals surface area contributed by atoms with E-state index in [9.17, 15) is 14.4 Å². The van der Waals surface area contributed by atoms with E-state index < -0.39 is 0 Å². The SMILES string of the molecule is CC(=O)N1C[C@@H](N)CC[C@@H](C(=O)N2CCC(c3cc(=O)[nH]c(C)n3)CC2)C1.Cl.Cl. The molecule has 2 amide bonds. The summed E-state index contributed by atoms with van der Waals surface area (Å²) in [4.78, 5) is 47.2. The highest BCUT2D eigenvalue weighted by molar-refractivity contribution is 5.85. The number of nitrogens with one attached hydrogen (secondary N) is 1. The van der Waals surface area contributed by atoms with Crippen LogP contribution in [0.1, 0.15) is 50.0 Å². The molecule has 1 aromatic rings. The molecular formula is C19H31Cl2N5O3. The van der Waals surface area contributed by atoms with Crippen LogP contribution in [-0.2, 0) is 9.59 Å². The van der Waals surface area contributed by atoms with Crippen LogP contribution < -0.4 is 11.3 Å². The molecule has 3 heterocycles. The first-order chi connectivity index (χ1) is 12.8. The van der Waals surface area contributed by atoms with Crippen LogP contribution in [0.2, 0.25) is 0 Å². The summed E-state index contributed by atoms with van der Waals surface area (Å²) in [5.41, 5.74) is 6.74. The van der Waals surface area contributed by atoms with Crippen molar-refractivity contribution in [2.45, 2.75) is 51.5 Å². The molecule has 2 aliphatic rings. The van der Waals surface area contributed by atoms with E-state index in [1.165, 1.54) is 6.92 Å². The monoisotopic (exact) mass is 447 g/mol. The number of piperidine rings is 1. The highest BCUT2D eigenvalue weighted by Gasteiger charge is 2.33. The number of H-pyrrole nitrogens is 1. The molecule has 2 atom stereocenters. The largest absolute Gasteiger partial charge is 0.342 e. The molecule has 0 radical (unpaired) electrons. The number of carbonyl (C=O) groups excluding carboxylic acids is 2. The number of likely N-dealkylation sites (tertiary alicyclic amines) is 2. The van der Waals surface area contributed by atoms with Gasteiger partial charge < -0.3 is 20.5 Å². The van der Waals surface area contributed by atoms with Crippen molar-refractivity contribution in [1.82, 2.24) is 19.8 Å². The molecule has 29 heavy (non-hydrogen) atoms. The van der Waals surface area contributed by atoms with Crippen molar-refractivity contribution >= 4 is 36.6 Å². The average Bonchev–Trinajstić information content (AvgIpc) is 2.82. The number of aryl methyl sites for hydroxylation is 1. The molecule has 0 aromatic carbocycles. The number of halogens is 2. The first-order valence-electron chi connectivity index (χ1n) is 9.71. The van der Waals surface area contributed by atoms with Gasteiger partial charge in [-0.05, 0) is 32.6 Å². The summed E-state index contributed by atoms with van der Waals surface area (Å²) in [5, 5.41) is 0. The van der Waals surface area contributed by atoms with Crippen LogP contribution in [0.4, 0.5) is 0 Å². The quantitative estimate of drug-likeness (QED) is 0.707. The molecule has 164 valence electrons. The second kappa shape index (κ2) is 10.9. The summed E-state index contributed by atoms with van der Waals surface area (Å²) in [6.45, 7) is 5.59. The van der Waals surface area contributed by atoms with Crippen LogP contribution in [0.5, 0.6) is 0 Å². The van der Waals surface area contributed by atoms with Crippen molar-refractivity contribution in [3.05, 3.63) is 27.9 Å². The smallest absolute Gasteiger partial charge is 0.251 e. The van der Waals surface area contributed by atoms with Gasteiger partial charge >= 0.3 is 0 Å². The van der Waals surface area contributed by atoms with E-state index in [1.807, 2.05) is 4.90 Å². The van der Waals surface area contributed by atoms with Crippen molar-refractivity contribution in [3.63, 3.8) is 0 Å². The summed E-state index contributed by atoms with van der Waals surface area (Å²) in [7, 11) is 0. The van der Waals surface area contributed by atoms with Crippen molar-refractivity contribution in [2.24, 2.45) is 11.7 Å². The van der Waals surface area contributed by atoms with Crippen molar-refractivity contribution < 1.29 is 9.59 Å². The third kappa shape index (κ3) is 6.42. The Morgan fingerprint density at radius 2 is 1.76 bits per heavy atom. The summed E-state index contributed by atoms with van der Waals surface area (Å²) < 4.78 is 0. The Kier molecular flexibility index (Phi) is 9.58. The van der Waals surface area contributed by atoms with Gasteiger partial charge in [0.05, 0.1) is 11.6 Å². The maximum atomic E-state index is 13.0. The van der Waals surface area contributed by atoms with Gasteiger partial charge in [-0.2, -0.15) is 0 Å². The lowest BCUT2D eigenvalue weighted by atomic mass is 9.91. The highest BCUT2D eigenvalue weighted by atomic mass is 35.5. The molecule has 0 unspecified atom stereocenters. The second-order valence-electron chi connectivity index (χ2n) is 7.81. The highest BCUT2D eigenvalue weighted by Crippen LogP contribution is 2.28. The molecule has 2 fully saturated rings. The van der Waals surface area contributed by atoms with Crippen molar-refractivity contribution in [1.29, 1.82) is 0 Å². The first kappa shape index (κ1) is 25.4. The summed E-state index contributed by atoms with van der Waals surface area (Å²) in [6, 6.07) is 1.50. The van der Waals surface area contributed by atoms with E-state index in [4.69, 9.17) is 5.73 Å². The summed E-state index contributed by atoms with van der Waals surface area (Å²) in [5.74, 6) is 0.726.